The maximum Gasteiger partial charge on any atom is 0.114 e. The summed E-state index contributed by atoms with van der Waals surface area (Å²) in [5.41, 5.74) is 0.121. The summed E-state index contributed by atoms with van der Waals surface area (Å²) in [6, 6.07) is 2.65. The Morgan fingerprint density at radius 2 is 2.32 bits per heavy atom. The van der Waals surface area contributed by atoms with Gasteiger partial charge in [0.15, 0.2) is 0 Å². The first-order valence-corrected chi connectivity index (χ1v) is 7.11. The molecule has 0 bridgehead atoms. The Hall–Kier alpha value is -1.34. The van der Waals surface area contributed by atoms with E-state index in [9.17, 15) is 10.4 Å². The van der Waals surface area contributed by atoms with Gasteiger partial charge in [-0.05, 0) is 32.6 Å². The summed E-state index contributed by atoms with van der Waals surface area (Å²) in [6.07, 6.45) is 6.40. The van der Waals surface area contributed by atoms with Crippen LogP contribution in [0.25, 0.3) is 0 Å². The fourth-order valence-electron chi connectivity index (χ4n) is 3.24. The third-order valence-corrected chi connectivity index (χ3v) is 4.31. The molecule has 0 saturated heterocycles. The Morgan fingerprint density at radius 3 is 2.89 bits per heavy atom. The van der Waals surface area contributed by atoms with E-state index in [2.05, 4.69) is 31.8 Å². The summed E-state index contributed by atoms with van der Waals surface area (Å²) in [5.74, 6) is 0.499. The molecule has 1 saturated carbocycles. The molecule has 1 aliphatic rings. The van der Waals surface area contributed by atoms with Crippen LogP contribution in [0.1, 0.15) is 64.3 Å². The molecular formula is C15H23N3O. The van der Waals surface area contributed by atoms with E-state index >= 15 is 0 Å². The highest BCUT2D eigenvalue weighted by Gasteiger charge is 2.43. The van der Waals surface area contributed by atoms with E-state index in [1.165, 1.54) is 0 Å². The number of nitriles is 1. The number of rotatable bonds is 3. The smallest absolute Gasteiger partial charge is 0.114 e. The van der Waals surface area contributed by atoms with Crippen molar-refractivity contribution in [2.45, 2.75) is 58.6 Å². The minimum Gasteiger partial charge on any atom is -0.385 e. The van der Waals surface area contributed by atoms with Crippen LogP contribution >= 0.6 is 0 Å². The number of aromatic nitrogens is 2. The van der Waals surface area contributed by atoms with Crippen molar-refractivity contribution < 1.29 is 5.11 Å². The monoisotopic (exact) mass is 261 g/mol. The third kappa shape index (κ3) is 2.52. The van der Waals surface area contributed by atoms with E-state index in [1.54, 1.807) is 12.5 Å². The molecule has 0 spiro atoms. The molecule has 0 radical (unpaired) electrons. The van der Waals surface area contributed by atoms with Crippen LogP contribution in [0.3, 0.4) is 0 Å². The standard InChI is InChI=1S/C15H23N3O/c1-11(2)18-10-17-8-13(18)14(19)15(9-16)6-4-5-12(3)7-15/h8,10-12,14,19H,4-7H2,1-3H3. The molecule has 0 aliphatic heterocycles. The Bertz CT molecular complexity index is 474. The lowest BCUT2D eigenvalue weighted by Gasteiger charge is -2.38. The van der Waals surface area contributed by atoms with Gasteiger partial charge in [0.25, 0.3) is 0 Å². The highest BCUT2D eigenvalue weighted by atomic mass is 16.3. The van der Waals surface area contributed by atoms with Crippen LogP contribution in [0, 0.1) is 22.7 Å². The SMILES string of the molecule is CC1CCCC(C#N)(C(O)c2cncn2C(C)C)C1. The number of aliphatic hydroxyl groups excluding tert-OH is 1. The Morgan fingerprint density at radius 1 is 1.58 bits per heavy atom. The van der Waals surface area contributed by atoms with Crippen molar-refractivity contribution in [2.75, 3.05) is 0 Å². The van der Waals surface area contributed by atoms with Crippen LogP contribution in [0.5, 0.6) is 0 Å². The molecule has 1 N–H and O–H groups in total. The molecule has 1 aliphatic carbocycles. The Balaban J connectivity index is 2.33. The Labute approximate surface area is 115 Å². The molecule has 0 aromatic carbocycles. The third-order valence-electron chi connectivity index (χ3n) is 4.31. The van der Waals surface area contributed by atoms with E-state index < -0.39 is 11.5 Å². The van der Waals surface area contributed by atoms with E-state index in [4.69, 9.17) is 0 Å². The average molecular weight is 261 g/mol. The first-order chi connectivity index (χ1) is 9.00. The first-order valence-electron chi connectivity index (χ1n) is 7.11. The normalized spacial score (nSPS) is 29.2. The molecule has 1 aromatic rings. The Kier molecular flexibility index (Phi) is 3.96. The first kappa shape index (κ1) is 14.1. The van der Waals surface area contributed by atoms with Crippen LogP contribution in [0.2, 0.25) is 0 Å². The number of hydrogen-bond donors (Lipinski definition) is 1. The van der Waals surface area contributed by atoms with Gasteiger partial charge in [-0.25, -0.2) is 4.98 Å². The molecular weight excluding hydrogens is 238 g/mol. The van der Waals surface area contributed by atoms with E-state index in [1.807, 2.05) is 4.57 Å². The number of nitrogens with zero attached hydrogens (tertiary/aromatic N) is 3. The number of imidazole rings is 1. The molecule has 4 nitrogen and oxygen atoms in total. The van der Waals surface area contributed by atoms with Crippen LogP contribution < -0.4 is 0 Å². The van der Waals surface area contributed by atoms with Crippen LogP contribution in [-0.4, -0.2) is 14.7 Å². The lowest BCUT2D eigenvalue weighted by atomic mass is 9.67. The van der Waals surface area contributed by atoms with Gasteiger partial charge in [-0.3, -0.25) is 0 Å². The minimum atomic E-state index is -0.745. The summed E-state index contributed by atoms with van der Waals surface area (Å²) in [4.78, 5) is 4.14. The summed E-state index contributed by atoms with van der Waals surface area (Å²) < 4.78 is 1.96. The van der Waals surface area contributed by atoms with E-state index in [-0.39, 0.29) is 6.04 Å². The lowest BCUT2D eigenvalue weighted by molar-refractivity contribution is 0.0160. The van der Waals surface area contributed by atoms with Crippen molar-refractivity contribution >= 4 is 0 Å². The van der Waals surface area contributed by atoms with Gasteiger partial charge in [0.2, 0.25) is 0 Å². The fraction of sp³-hybridized carbons (Fsp3) is 0.733. The molecule has 3 unspecified atom stereocenters. The molecule has 1 heterocycles. The molecule has 0 amide bonds. The van der Waals surface area contributed by atoms with Gasteiger partial charge in [-0.15, -0.1) is 0 Å². The second-order valence-electron chi connectivity index (χ2n) is 6.19. The van der Waals surface area contributed by atoms with Gasteiger partial charge in [-0.2, -0.15) is 5.26 Å². The van der Waals surface area contributed by atoms with Crippen molar-refractivity contribution in [3.8, 4) is 6.07 Å². The van der Waals surface area contributed by atoms with Gasteiger partial charge >= 0.3 is 0 Å². The summed E-state index contributed by atoms with van der Waals surface area (Å²) >= 11 is 0. The van der Waals surface area contributed by atoms with Crippen molar-refractivity contribution in [3.05, 3.63) is 18.2 Å². The van der Waals surface area contributed by atoms with Crippen molar-refractivity contribution in [2.24, 2.45) is 11.3 Å². The van der Waals surface area contributed by atoms with Crippen molar-refractivity contribution in [1.82, 2.24) is 9.55 Å². The number of hydrogen-bond acceptors (Lipinski definition) is 3. The van der Waals surface area contributed by atoms with Gasteiger partial charge in [-0.1, -0.05) is 19.8 Å². The predicted molar refractivity (Wildman–Crippen MR) is 73.2 cm³/mol. The minimum absolute atomic E-state index is 0.240. The zero-order valence-electron chi connectivity index (χ0n) is 12.0. The number of aliphatic hydroxyl groups is 1. The van der Waals surface area contributed by atoms with E-state index in [0.29, 0.717) is 5.92 Å². The quantitative estimate of drug-likeness (QED) is 0.908. The molecule has 19 heavy (non-hydrogen) atoms. The van der Waals surface area contributed by atoms with Gasteiger partial charge in [0.1, 0.15) is 6.10 Å². The van der Waals surface area contributed by atoms with E-state index in [0.717, 1.165) is 31.4 Å². The van der Waals surface area contributed by atoms with Gasteiger partial charge in [0.05, 0.1) is 29.7 Å². The maximum atomic E-state index is 10.7. The topological polar surface area (TPSA) is 61.8 Å². The van der Waals surface area contributed by atoms with Crippen LogP contribution in [-0.2, 0) is 0 Å². The molecule has 4 heteroatoms. The second kappa shape index (κ2) is 5.34. The molecule has 104 valence electrons. The van der Waals surface area contributed by atoms with Crippen LogP contribution in [0.4, 0.5) is 0 Å². The van der Waals surface area contributed by atoms with Gasteiger partial charge < -0.3 is 9.67 Å². The van der Waals surface area contributed by atoms with Crippen LogP contribution in [0.15, 0.2) is 12.5 Å². The summed E-state index contributed by atoms with van der Waals surface area (Å²) in [7, 11) is 0. The van der Waals surface area contributed by atoms with Gasteiger partial charge in [0, 0.05) is 6.04 Å². The van der Waals surface area contributed by atoms with Crippen molar-refractivity contribution in [1.29, 1.82) is 5.26 Å². The predicted octanol–water partition coefficient (Wildman–Crippen LogP) is 3.22. The molecule has 1 fully saturated rings. The molecule has 2 rings (SSSR count). The largest absolute Gasteiger partial charge is 0.385 e. The molecule has 1 aromatic heterocycles. The lowest BCUT2D eigenvalue weighted by Crippen LogP contribution is -2.34. The fourth-order valence-corrected chi connectivity index (χ4v) is 3.24. The highest BCUT2D eigenvalue weighted by Crippen LogP contribution is 2.47. The highest BCUT2D eigenvalue weighted by molar-refractivity contribution is 5.16. The molecule has 3 atom stereocenters. The maximum absolute atomic E-state index is 10.7. The zero-order chi connectivity index (χ0) is 14.0. The van der Waals surface area contributed by atoms with Crippen molar-refractivity contribution in [3.63, 3.8) is 0 Å². The summed E-state index contributed by atoms with van der Waals surface area (Å²) in [5, 5.41) is 20.4. The second-order valence-corrected chi connectivity index (χ2v) is 6.19. The summed E-state index contributed by atoms with van der Waals surface area (Å²) in [6.45, 7) is 6.28. The average Bonchev–Trinajstić information content (AvgIpc) is 2.86. The zero-order valence-corrected chi connectivity index (χ0v) is 12.0.